The third-order valence-electron chi connectivity index (χ3n) is 5.81. The maximum atomic E-state index is 13.4. The predicted molar refractivity (Wildman–Crippen MR) is 112 cm³/mol. The van der Waals surface area contributed by atoms with E-state index in [0.29, 0.717) is 29.1 Å². The number of hydrogen-bond donors (Lipinski definition) is 0. The summed E-state index contributed by atoms with van der Waals surface area (Å²) >= 11 is 0. The fourth-order valence-electron chi connectivity index (χ4n) is 4.25. The van der Waals surface area contributed by atoms with Crippen molar-refractivity contribution in [3.8, 4) is 0 Å². The van der Waals surface area contributed by atoms with Gasteiger partial charge in [0.05, 0.1) is 6.54 Å². The minimum atomic E-state index is -0.0541. The molecule has 0 N–H and O–H groups in total. The number of unbranched alkanes of at least 4 members (excludes halogenated alkanes) is 3. The molecule has 1 aliphatic rings. The largest absolute Gasteiger partial charge is 0.284 e. The summed E-state index contributed by atoms with van der Waals surface area (Å²) in [4.78, 5) is 26.8. The molecule has 0 saturated carbocycles. The van der Waals surface area contributed by atoms with Crippen molar-refractivity contribution in [2.24, 2.45) is 0 Å². The fraction of sp³-hybridized carbons (Fsp3) is 0.320. The second-order valence-corrected chi connectivity index (χ2v) is 7.73. The Morgan fingerprint density at radius 3 is 2.17 bits per heavy atom. The van der Waals surface area contributed by atoms with Gasteiger partial charge in [-0.1, -0.05) is 74.4 Å². The minimum Gasteiger partial charge on any atom is -0.284 e. The van der Waals surface area contributed by atoms with Crippen molar-refractivity contribution in [3.05, 3.63) is 88.5 Å². The zero-order valence-corrected chi connectivity index (χ0v) is 17.1. The molecule has 0 unspecified atom stereocenters. The third kappa shape index (κ3) is 3.44. The van der Waals surface area contributed by atoms with E-state index in [1.807, 2.05) is 41.8 Å². The molecular weight excluding hydrogens is 360 g/mol. The van der Waals surface area contributed by atoms with Gasteiger partial charge in [-0.05, 0) is 18.4 Å². The summed E-state index contributed by atoms with van der Waals surface area (Å²) in [5.41, 5.74) is 3.23. The van der Waals surface area contributed by atoms with E-state index in [1.165, 1.54) is 12.8 Å². The van der Waals surface area contributed by atoms with Crippen molar-refractivity contribution in [3.63, 3.8) is 0 Å². The van der Waals surface area contributed by atoms with Gasteiger partial charge in [0.25, 0.3) is 5.82 Å². The summed E-state index contributed by atoms with van der Waals surface area (Å²) < 4.78 is 4.10. The SMILES string of the molecule is CCCCCCn1c2c([n+](Cc3ccccc3)c1C)C(=O)c1ccccc1C2=O. The number of imidazole rings is 1. The first-order valence-electron chi connectivity index (χ1n) is 10.5. The van der Waals surface area contributed by atoms with E-state index in [0.717, 1.165) is 30.8 Å². The van der Waals surface area contributed by atoms with Crippen LogP contribution < -0.4 is 4.57 Å². The second kappa shape index (κ2) is 8.16. The Morgan fingerprint density at radius 2 is 1.48 bits per heavy atom. The van der Waals surface area contributed by atoms with Gasteiger partial charge < -0.3 is 0 Å². The highest BCUT2D eigenvalue weighted by atomic mass is 16.1. The first-order valence-corrected chi connectivity index (χ1v) is 10.5. The maximum absolute atomic E-state index is 13.4. The molecule has 4 nitrogen and oxygen atoms in total. The van der Waals surface area contributed by atoms with Crippen LogP contribution in [0.5, 0.6) is 0 Å². The normalized spacial score (nSPS) is 12.8. The van der Waals surface area contributed by atoms with E-state index in [-0.39, 0.29) is 11.6 Å². The lowest BCUT2D eigenvalue weighted by atomic mass is 9.90. The van der Waals surface area contributed by atoms with Gasteiger partial charge in [-0.2, -0.15) is 0 Å². The van der Waals surface area contributed by atoms with Crippen molar-refractivity contribution in [1.82, 2.24) is 4.57 Å². The Labute approximate surface area is 171 Å². The van der Waals surface area contributed by atoms with Crippen molar-refractivity contribution in [2.75, 3.05) is 0 Å². The fourth-order valence-corrected chi connectivity index (χ4v) is 4.25. The summed E-state index contributed by atoms with van der Waals surface area (Å²) in [6.45, 7) is 5.55. The number of nitrogens with zero attached hydrogens (tertiary/aromatic N) is 2. The van der Waals surface area contributed by atoms with Gasteiger partial charge in [-0.3, -0.25) is 9.59 Å². The molecule has 1 aromatic heterocycles. The zero-order valence-electron chi connectivity index (χ0n) is 17.1. The van der Waals surface area contributed by atoms with Gasteiger partial charge in [0, 0.05) is 18.1 Å². The Balaban J connectivity index is 1.83. The Bertz CT molecular complexity index is 1060. The summed E-state index contributed by atoms with van der Waals surface area (Å²) in [5.74, 6) is 0.868. The van der Waals surface area contributed by atoms with Crippen LogP contribution in [0.15, 0.2) is 54.6 Å². The van der Waals surface area contributed by atoms with Crippen LogP contribution in [-0.2, 0) is 13.1 Å². The van der Waals surface area contributed by atoms with Gasteiger partial charge in [0.15, 0.2) is 0 Å². The Kier molecular flexibility index (Phi) is 5.43. The van der Waals surface area contributed by atoms with Crippen molar-refractivity contribution in [1.29, 1.82) is 0 Å². The van der Waals surface area contributed by atoms with Gasteiger partial charge in [-0.25, -0.2) is 9.13 Å². The molecule has 1 aliphatic carbocycles. The molecule has 0 fully saturated rings. The predicted octanol–water partition coefficient (Wildman–Crippen LogP) is 4.49. The van der Waals surface area contributed by atoms with E-state index >= 15 is 0 Å². The van der Waals surface area contributed by atoms with Crippen LogP contribution in [0.3, 0.4) is 0 Å². The molecule has 148 valence electrons. The average molecular weight is 388 g/mol. The number of ketones is 2. The van der Waals surface area contributed by atoms with E-state index in [4.69, 9.17) is 0 Å². The summed E-state index contributed by atoms with van der Waals surface area (Å²) in [7, 11) is 0. The topological polar surface area (TPSA) is 43.0 Å². The average Bonchev–Trinajstić information content (AvgIpc) is 3.02. The summed E-state index contributed by atoms with van der Waals surface area (Å²) in [6.07, 6.45) is 4.48. The molecule has 2 aromatic carbocycles. The van der Waals surface area contributed by atoms with Crippen LogP contribution in [0, 0.1) is 6.92 Å². The van der Waals surface area contributed by atoms with Crippen LogP contribution in [-0.4, -0.2) is 16.1 Å². The number of hydrogen-bond acceptors (Lipinski definition) is 2. The van der Waals surface area contributed by atoms with Crippen LogP contribution in [0.25, 0.3) is 0 Å². The molecule has 3 aromatic rings. The van der Waals surface area contributed by atoms with Crippen LogP contribution in [0.2, 0.25) is 0 Å². The van der Waals surface area contributed by atoms with Crippen molar-refractivity contribution >= 4 is 11.6 Å². The van der Waals surface area contributed by atoms with Crippen molar-refractivity contribution < 1.29 is 14.2 Å². The highest BCUT2D eigenvalue weighted by Crippen LogP contribution is 2.27. The Hall–Kier alpha value is -3.01. The third-order valence-corrected chi connectivity index (χ3v) is 5.81. The van der Waals surface area contributed by atoms with Crippen molar-refractivity contribution in [2.45, 2.75) is 52.6 Å². The lowest BCUT2D eigenvalue weighted by Gasteiger charge is -2.13. The molecule has 0 bridgehead atoms. The molecule has 1 heterocycles. The number of rotatable bonds is 7. The highest BCUT2D eigenvalue weighted by molar-refractivity contribution is 6.26. The number of aromatic nitrogens is 2. The highest BCUT2D eigenvalue weighted by Gasteiger charge is 2.42. The maximum Gasteiger partial charge on any atom is 0.254 e. The van der Waals surface area contributed by atoms with Gasteiger partial charge in [-0.15, -0.1) is 0 Å². The lowest BCUT2D eigenvalue weighted by Crippen LogP contribution is -2.43. The second-order valence-electron chi connectivity index (χ2n) is 7.73. The molecule has 0 atom stereocenters. The number of fused-ring (bicyclic) bond motifs is 2. The monoisotopic (exact) mass is 387 g/mol. The Morgan fingerprint density at radius 1 is 0.828 bits per heavy atom. The molecule has 0 radical (unpaired) electrons. The smallest absolute Gasteiger partial charge is 0.254 e. The zero-order chi connectivity index (χ0) is 20.4. The summed E-state index contributed by atoms with van der Waals surface area (Å²) in [6, 6.07) is 17.3. The minimum absolute atomic E-state index is 0.0411. The van der Waals surface area contributed by atoms with Gasteiger partial charge in [0.1, 0.15) is 6.54 Å². The molecular formula is C25H27N2O2+. The number of carbonyl (C=O) groups excluding carboxylic acids is 2. The number of benzene rings is 2. The van der Waals surface area contributed by atoms with E-state index in [9.17, 15) is 9.59 Å². The molecule has 0 aliphatic heterocycles. The van der Waals surface area contributed by atoms with Gasteiger partial charge in [0.2, 0.25) is 23.0 Å². The quantitative estimate of drug-likeness (QED) is 0.346. The standard InChI is InChI=1S/C25H27N2O2/c1-3-4-5-11-16-26-18(2)27(17-19-12-7-6-8-13-19)23-22(26)24(28)20-14-9-10-15-21(20)25(23)29/h6-10,12-15H,3-5,11,16-17H2,1-2H3/q+1. The first-order chi connectivity index (χ1) is 14.1. The molecule has 29 heavy (non-hydrogen) atoms. The van der Waals surface area contributed by atoms with E-state index < -0.39 is 0 Å². The van der Waals surface area contributed by atoms with Gasteiger partial charge >= 0.3 is 0 Å². The molecule has 0 amide bonds. The van der Waals surface area contributed by atoms with E-state index in [2.05, 4.69) is 23.6 Å². The first kappa shape index (κ1) is 19.3. The van der Waals surface area contributed by atoms with Crippen LogP contribution >= 0.6 is 0 Å². The summed E-state index contributed by atoms with van der Waals surface area (Å²) in [5, 5.41) is 0. The molecule has 0 spiro atoms. The molecule has 0 saturated heterocycles. The van der Waals surface area contributed by atoms with Crippen LogP contribution in [0.4, 0.5) is 0 Å². The van der Waals surface area contributed by atoms with Crippen LogP contribution in [0.1, 0.15) is 76.1 Å². The number of carbonyl (C=O) groups is 2. The molecule has 4 heteroatoms. The van der Waals surface area contributed by atoms with E-state index in [1.54, 1.807) is 12.1 Å². The lowest BCUT2D eigenvalue weighted by molar-refractivity contribution is -0.695. The molecule has 4 rings (SSSR count).